The number of oxazole rings is 1. The second-order valence-corrected chi connectivity index (χ2v) is 8.59. The zero-order valence-electron chi connectivity index (χ0n) is 19.9. The highest BCUT2D eigenvalue weighted by atomic mass is 16.4. The summed E-state index contributed by atoms with van der Waals surface area (Å²) < 4.78 is 13.9. The van der Waals surface area contributed by atoms with Gasteiger partial charge in [-0.2, -0.15) is 4.57 Å². The maximum Gasteiger partial charge on any atom is 0.374 e. The summed E-state index contributed by atoms with van der Waals surface area (Å²) in [7, 11) is 4.31. The van der Waals surface area contributed by atoms with Crippen LogP contribution >= 0.6 is 0 Å². The van der Waals surface area contributed by atoms with Crippen LogP contribution in [0, 0.1) is 0 Å². The molecule has 172 valence electrons. The van der Waals surface area contributed by atoms with Gasteiger partial charge in [0, 0.05) is 36.3 Å². The molecule has 1 N–H and O–H groups in total. The fourth-order valence-electron chi connectivity index (χ4n) is 4.18. The topological polar surface area (TPSA) is 54.9 Å². The van der Waals surface area contributed by atoms with Crippen LogP contribution in [-0.4, -0.2) is 33.7 Å². The van der Waals surface area contributed by atoms with E-state index in [1.165, 1.54) is 4.90 Å². The van der Waals surface area contributed by atoms with Gasteiger partial charge < -0.3 is 18.6 Å². The monoisotopic (exact) mass is 447 g/mol. The number of nitrogens with zero attached hydrogens (tertiary/aromatic N) is 2. The molecular formula is C27H33N3O3+2. The summed E-state index contributed by atoms with van der Waals surface area (Å²) >= 11 is 0. The minimum absolute atomic E-state index is 0.352. The fourth-order valence-corrected chi connectivity index (χ4v) is 4.18. The number of fused-ring (bicyclic) bond motifs is 2. The summed E-state index contributed by atoms with van der Waals surface area (Å²) in [5, 5.41) is 0.900. The van der Waals surface area contributed by atoms with Gasteiger partial charge in [-0.25, -0.2) is 4.79 Å². The molecule has 0 amide bonds. The SMILES string of the molecule is CCN(CC)c1ccc2cc(/C=C/c3oc4ccccc4[n+]3CCC[NH+](C)C)c(=O)oc2c1. The molecule has 4 rings (SSSR count). The van der Waals surface area contributed by atoms with Gasteiger partial charge in [-0.3, -0.25) is 0 Å². The number of nitrogens with one attached hydrogen (secondary N) is 1. The molecule has 6 heteroatoms. The molecule has 0 saturated heterocycles. The van der Waals surface area contributed by atoms with Crippen molar-refractivity contribution in [2.24, 2.45) is 0 Å². The molecule has 0 aliphatic carbocycles. The van der Waals surface area contributed by atoms with Crippen molar-refractivity contribution >= 4 is 39.9 Å². The van der Waals surface area contributed by atoms with E-state index < -0.39 is 0 Å². The highest BCUT2D eigenvalue weighted by Gasteiger charge is 2.20. The van der Waals surface area contributed by atoms with E-state index in [9.17, 15) is 4.79 Å². The summed E-state index contributed by atoms with van der Waals surface area (Å²) in [5.41, 5.74) is 3.70. The molecule has 6 nitrogen and oxygen atoms in total. The number of aromatic nitrogens is 1. The molecule has 0 aliphatic heterocycles. The molecule has 2 aromatic carbocycles. The van der Waals surface area contributed by atoms with Crippen molar-refractivity contribution in [1.82, 2.24) is 0 Å². The third-order valence-corrected chi connectivity index (χ3v) is 5.98. The van der Waals surface area contributed by atoms with Crippen molar-refractivity contribution < 1.29 is 18.3 Å². The predicted octanol–water partition coefficient (Wildman–Crippen LogP) is 3.38. The Hall–Kier alpha value is -3.38. The first-order valence-electron chi connectivity index (χ1n) is 11.7. The maximum absolute atomic E-state index is 12.7. The normalized spacial score (nSPS) is 11.9. The highest BCUT2D eigenvalue weighted by Crippen LogP contribution is 2.22. The molecule has 0 atom stereocenters. The molecule has 0 aliphatic rings. The van der Waals surface area contributed by atoms with Gasteiger partial charge in [-0.15, -0.1) is 0 Å². The molecular weight excluding hydrogens is 414 g/mol. The summed E-state index contributed by atoms with van der Waals surface area (Å²) in [6.45, 7) is 7.95. The molecule has 2 heterocycles. The molecule has 0 spiro atoms. The van der Waals surface area contributed by atoms with Crippen LogP contribution in [-0.2, 0) is 6.54 Å². The van der Waals surface area contributed by atoms with Crippen LogP contribution in [0.5, 0.6) is 0 Å². The van der Waals surface area contributed by atoms with Crippen molar-refractivity contribution in [3.63, 3.8) is 0 Å². The van der Waals surface area contributed by atoms with Crippen molar-refractivity contribution in [1.29, 1.82) is 0 Å². The Morgan fingerprint density at radius 3 is 2.52 bits per heavy atom. The van der Waals surface area contributed by atoms with Crippen molar-refractivity contribution in [3.8, 4) is 0 Å². The lowest BCUT2D eigenvalue weighted by molar-refractivity contribution is -0.861. The Balaban J connectivity index is 1.67. The summed E-state index contributed by atoms with van der Waals surface area (Å²) in [4.78, 5) is 16.3. The van der Waals surface area contributed by atoms with E-state index in [0.29, 0.717) is 11.1 Å². The quantitative estimate of drug-likeness (QED) is 0.316. The summed E-state index contributed by atoms with van der Waals surface area (Å²) in [5.74, 6) is 0.723. The lowest BCUT2D eigenvalue weighted by Crippen LogP contribution is -3.05. The Morgan fingerprint density at radius 1 is 0.970 bits per heavy atom. The molecule has 0 bridgehead atoms. The minimum Gasteiger partial charge on any atom is -0.422 e. The number of para-hydroxylation sites is 2. The standard InChI is InChI=1S/C27H32N3O3/c1-5-29(6-2)22-14-12-20-18-21(27(31)33-25(20)19-22)13-15-26-30(17-9-16-28(3)4)23-10-7-8-11-24(23)32-26/h7-8,10-15,18-19H,5-6,9,16-17H2,1-4H3/q+1/p+1. The van der Waals surface area contributed by atoms with Crippen LogP contribution in [0.15, 0.2) is 62.2 Å². The fraction of sp³-hybridized carbons (Fsp3) is 0.333. The van der Waals surface area contributed by atoms with E-state index >= 15 is 0 Å². The third kappa shape index (κ3) is 5.01. The molecule has 0 saturated carbocycles. The van der Waals surface area contributed by atoms with Crippen molar-refractivity contribution in [2.75, 3.05) is 38.6 Å². The molecule has 0 fully saturated rings. The Morgan fingerprint density at radius 2 is 1.76 bits per heavy atom. The first-order chi connectivity index (χ1) is 16.0. The van der Waals surface area contributed by atoms with Gasteiger partial charge in [0.1, 0.15) is 5.58 Å². The third-order valence-electron chi connectivity index (χ3n) is 5.98. The zero-order chi connectivity index (χ0) is 23.4. The van der Waals surface area contributed by atoms with Crippen LogP contribution in [0.1, 0.15) is 31.7 Å². The smallest absolute Gasteiger partial charge is 0.374 e. The van der Waals surface area contributed by atoms with Crippen LogP contribution < -0.4 is 20.0 Å². The number of anilines is 1. The van der Waals surface area contributed by atoms with Gasteiger partial charge in [0.15, 0.2) is 6.54 Å². The molecule has 0 radical (unpaired) electrons. The maximum atomic E-state index is 12.7. The van der Waals surface area contributed by atoms with E-state index in [2.05, 4.69) is 49.5 Å². The van der Waals surface area contributed by atoms with Gasteiger partial charge in [0.2, 0.25) is 5.58 Å². The van der Waals surface area contributed by atoms with Gasteiger partial charge in [-0.05, 0) is 44.2 Å². The van der Waals surface area contributed by atoms with Crippen LogP contribution in [0.3, 0.4) is 0 Å². The predicted molar refractivity (Wildman–Crippen MR) is 134 cm³/mol. The van der Waals surface area contributed by atoms with Gasteiger partial charge in [0.25, 0.3) is 5.52 Å². The van der Waals surface area contributed by atoms with E-state index in [1.54, 1.807) is 6.08 Å². The van der Waals surface area contributed by atoms with E-state index in [4.69, 9.17) is 8.83 Å². The summed E-state index contributed by atoms with van der Waals surface area (Å²) in [6, 6.07) is 15.9. The molecule has 2 aromatic heterocycles. The van der Waals surface area contributed by atoms with Crippen molar-refractivity contribution in [3.05, 3.63) is 70.4 Å². The average molecular weight is 448 g/mol. The van der Waals surface area contributed by atoms with Crippen LogP contribution in [0.4, 0.5) is 5.69 Å². The molecule has 4 aromatic rings. The van der Waals surface area contributed by atoms with Crippen LogP contribution in [0.25, 0.3) is 34.2 Å². The highest BCUT2D eigenvalue weighted by molar-refractivity contribution is 5.83. The van der Waals surface area contributed by atoms with E-state index in [1.807, 2.05) is 42.5 Å². The minimum atomic E-state index is -0.352. The Labute approximate surface area is 194 Å². The number of hydrogen-bond donors (Lipinski definition) is 1. The lowest BCUT2D eigenvalue weighted by Gasteiger charge is -2.20. The number of quaternary nitrogens is 1. The Kier molecular flexibility index (Phi) is 6.94. The van der Waals surface area contributed by atoms with Crippen LogP contribution in [0.2, 0.25) is 0 Å². The van der Waals surface area contributed by atoms with E-state index in [-0.39, 0.29) is 5.63 Å². The second kappa shape index (κ2) is 10.0. The largest absolute Gasteiger partial charge is 0.422 e. The number of aryl methyl sites for hydroxylation is 1. The molecule has 33 heavy (non-hydrogen) atoms. The Bertz CT molecular complexity index is 1330. The first-order valence-corrected chi connectivity index (χ1v) is 11.7. The van der Waals surface area contributed by atoms with Gasteiger partial charge in [-0.1, -0.05) is 12.1 Å². The van der Waals surface area contributed by atoms with Gasteiger partial charge in [0.05, 0.1) is 38.7 Å². The first kappa shape index (κ1) is 22.8. The number of benzene rings is 2. The second-order valence-electron chi connectivity index (χ2n) is 8.59. The average Bonchev–Trinajstić information content (AvgIpc) is 3.16. The zero-order valence-corrected chi connectivity index (χ0v) is 19.9. The lowest BCUT2D eigenvalue weighted by atomic mass is 10.1. The van der Waals surface area contributed by atoms with Crippen molar-refractivity contribution in [2.45, 2.75) is 26.8 Å². The number of rotatable bonds is 9. The van der Waals surface area contributed by atoms with E-state index in [0.717, 1.165) is 60.7 Å². The van der Waals surface area contributed by atoms with Gasteiger partial charge >= 0.3 is 11.5 Å². The molecule has 0 unspecified atom stereocenters. The number of hydrogen-bond acceptors (Lipinski definition) is 4. The summed E-state index contributed by atoms with van der Waals surface area (Å²) in [6.07, 6.45) is 4.68.